The molecule has 35 heavy (non-hydrogen) atoms. The molecule has 1 aromatic carbocycles. The third-order valence-corrected chi connectivity index (χ3v) is 9.28. The summed E-state index contributed by atoms with van der Waals surface area (Å²) in [4.78, 5) is 20.7. The van der Waals surface area contributed by atoms with Crippen molar-refractivity contribution in [1.82, 2.24) is 14.7 Å². The largest absolute Gasteiger partial charge is 0.508 e. The van der Waals surface area contributed by atoms with Gasteiger partial charge in [-0.15, -0.1) is 6.58 Å². The van der Waals surface area contributed by atoms with Gasteiger partial charge in [-0.3, -0.25) is 14.6 Å². The van der Waals surface area contributed by atoms with Gasteiger partial charge in [-0.25, -0.2) is 0 Å². The van der Waals surface area contributed by atoms with Gasteiger partial charge < -0.3 is 10.0 Å². The predicted molar refractivity (Wildman–Crippen MR) is 139 cm³/mol. The topological polar surface area (TPSA) is 47.0 Å². The van der Waals surface area contributed by atoms with E-state index in [0.717, 1.165) is 44.5 Å². The molecule has 5 heteroatoms. The van der Waals surface area contributed by atoms with Crippen molar-refractivity contribution in [2.45, 2.75) is 81.6 Å². The van der Waals surface area contributed by atoms with Gasteiger partial charge in [0.25, 0.3) is 0 Å². The van der Waals surface area contributed by atoms with Gasteiger partial charge in [0.2, 0.25) is 5.91 Å². The van der Waals surface area contributed by atoms with Crippen molar-refractivity contribution in [1.29, 1.82) is 0 Å². The normalized spacial score (nSPS) is 33.5. The van der Waals surface area contributed by atoms with E-state index in [1.54, 1.807) is 6.07 Å². The van der Waals surface area contributed by atoms with Gasteiger partial charge in [-0.1, -0.05) is 36.4 Å². The monoisotopic (exact) mass is 473 g/mol. The van der Waals surface area contributed by atoms with Gasteiger partial charge in [-0.2, -0.15) is 0 Å². The zero-order valence-electron chi connectivity index (χ0n) is 20.8. The Balaban J connectivity index is 1.29. The average molecular weight is 474 g/mol. The Hall–Kier alpha value is -2.37. The molecule has 1 aromatic rings. The fraction of sp³-hybridized carbons (Fsp3) is 0.567. The highest BCUT2D eigenvalue weighted by atomic mass is 16.3. The predicted octanol–water partition coefficient (Wildman–Crippen LogP) is 4.81. The van der Waals surface area contributed by atoms with Crippen LogP contribution in [0.25, 0.3) is 0 Å². The molecule has 4 aliphatic heterocycles. The van der Waals surface area contributed by atoms with Crippen LogP contribution >= 0.6 is 0 Å². The number of phenolic OH excluding ortho intramolecular Hbond substituents is 1. The Bertz CT molecular complexity index is 1010. The van der Waals surface area contributed by atoms with Crippen molar-refractivity contribution < 1.29 is 9.90 Å². The standard InChI is InChI=1S/C30H39N3O2/c1-2-17-32-25-13-14-26(32)28-16-15-27(25)33(28)29(23-7-6-8-24(34)20-23)21-9-11-22(12-10-21)30(35)31-18-4-3-5-19-31/h2,6-11,20,22,25-29,34H,1,3-5,12-19H2. The van der Waals surface area contributed by atoms with Crippen molar-refractivity contribution in [3.8, 4) is 5.75 Å². The number of hydrogen-bond acceptors (Lipinski definition) is 4. The molecule has 6 unspecified atom stereocenters. The minimum atomic E-state index is -0.0426. The van der Waals surface area contributed by atoms with Gasteiger partial charge in [0.05, 0.1) is 12.0 Å². The van der Waals surface area contributed by atoms with Crippen LogP contribution in [0.15, 0.2) is 60.7 Å². The number of phenols is 1. The van der Waals surface area contributed by atoms with E-state index >= 15 is 0 Å². The number of rotatable bonds is 6. The Morgan fingerprint density at radius 2 is 1.77 bits per heavy atom. The lowest BCUT2D eigenvalue weighted by Gasteiger charge is -2.50. The Morgan fingerprint density at radius 3 is 2.40 bits per heavy atom. The maximum atomic E-state index is 13.1. The molecule has 4 saturated heterocycles. The first-order chi connectivity index (χ1) is 17.2. The van der Waals surface area contributed by atoms with Crippen LogP contribution in [0.2, 0.25) is 0 Å². The molecule has 5 aliphatic rings. The summed E-state index contributed by atoms with van der Waals surface area (Å²) in [6.45, 7) is 6.83. The van der Waals surface area contributed by atoms with E-state index in [9.17, 15) is 9.90 Å². The van der Waals surface area contributed by atoms with Crippen LogP contribution in [0.1, 0.15) is 63.0 Å². The van der Waals surface area contributed by atoms with Crippen molar-refractivity contribution in [3.05, 3.63) is 66.3 Å². The molecule has 186 valence electrons. The number of piperidine rings is 1. The number of hydrogen-bond donors (Lipinski definition) is 1. The van der Waals surface area contributed by atoms with Crippen LogP contribution in [-0.4, -0.2) is 69.5 Å². The number of benzene rings is 1. The lowest BCUT2D eigenvalue weighted by Crippen LogP contribution is -2.61. The van der Waals surface area contributed by atoms with E-state index in [0.29, 0.717) is 35.8 Å². The molecule has 4 heterocycles. The second kappa shape index (κ2) is 9.59. The van der Waals surface area contributed by atoms with E-state index in [4.69, 9.17) is 0 Å². The lowest BCUT2D eigenvalue weighted by molar-refractivity contribution is -0.134. The van der Waals surface area contributed by atoms with Gasteiger partial charge >= 0.3 is 0 Å². The summed E-state index contributed by atoms with van der Waals surface area (Å²) in [5, 5.41) is 10.4. The Morgan fingerprint density at radius 1 is 1.06 bits per heavy atom. The molecule has 0 spiro atoms. The van der Waals surface area contributed by atoms with Gasteiger partial charge in [0, 0.05) is 43.8 Å². The third kappa shape index (κ3) is 4.07. The molecule has 4 bridgehead atoms. The second-order valence-electron chi connectivity index (χ2n) is 11.1. The van der Waals surface area contributed by atoms with Gasteiger partial charge in [0.1, 0.15) is 5.75 Å². The third-order valence-electron chi connectivity index (χ3n) is 9.28. The van der Waals surface area contributed by atoms with Gasteiger partial charge in [0.15, 0.2) is 0 Å². The number of fused-ring (bicyclic) bond motifs is 6. The van der Waals surface area contributed by atoms with Crippen molar-refractivity contribution in [3.63, 3.8) is 0 Å². The summed E-state index contributed by atoms with van der Waals surface area (Å²) in [7, 11) is 0. The fourth-order valence-electron chi connectivity index (χ4n) is 7.82. The van der Waals surface area contributed by atoms with Gasteiger partial charge in [-0.05, 0) is 74.6 Å². The summed E-state index contributed by atoms with van der Waals surface area (Å²) >= 11 is 0. The highest BCUT2D eigenvalue weighted by Gasteiger charge is 2.56. The maximum Gasteiger partial charge on any atom is 0.229 e. The summed E-state index contributed by atoms with van der Waals surface area (Å²) in [6, 6.07) is 10.2. The fourth-order valence-corrected chi connectivity index (χ4v) is 7.82. The number of nitrogens with zero attached hydrogens (tertiary/aromatic N) is 3. The number of piperazine rings is 1. The second-order valence-corrected chi connectivity index (χ2v) is 11.1. The molecular weight excluding hydrogens is 434 g/mol. The summed E-state index contributed by atoms with van der Waals surface area (Å²) in [6.07, 6.45) is 18.1. The first kappa shape index (κ1) is 23.1. The van der Waals surface area contributed by atoms with Crippen LogP contribution in [0.3, 0.4) is 0 Å². The molecule has 0 saturated carbocycles. The minimum absolute atomic E-state index is 0.0426. The zero-order valence-corrected chi connectivity index (χ0v) is 20.8. The highest BCUT2D eigenvalue weighted by Crippen LogP contribution is 2.51. The van der Waals surface area contributed by atoms with E-state index < -0.39 is 0 Å². The summed E-state index contributed by atoms with van der Waals surface area (Å²) < 4.78 is 0. The number of carbonyl (C=O) groups excluding carboxylic acids is 1. The quantitative estimate of drug-likeness (QED) is 0.602. The smallest absolute Gasteiger partial charge is 0.229 e. The lowest BCUT2D eigenvalue weighted by atomic mass is 9.86. The molecule has 1 amide bonds. The van der Waals surface area contributed by atoms with Crippen LogP contribution in [-0.2, 0) is 4.79 Å². The summed E-state index contributed by atoms with van der Waals surface area (Å²) in [5.41, 5.74) is 2.45. The van der Waals surface area contributed by atoms with E-state index in [2.05, 4.69) is 51.6 Å². The molecule has 0 aromatic heterocycles. The van der Waals surface area contributed by atoms with Crippen molar-refractivity contribution in [2.24, 2.45) is 5.92 Å². The maximum absolute atomic E-state index is 13.1. The van der Waals surface area contributed by atoms with Crippen LogP contribution in [0.4, 0.5) is 0 Å². The van der Waals surface area contributed by atoms with Crippen molar-refractivity contribution in [2.75, 3.05) is 19.6 Å². The molecule has 1 N–H and O–H groups in total. The average Bonchev–Trinajstić information content (AvgIpc) is 3.40. The van der Waals surface area contributed by atoms with E-state index in [1.165, 1.54) is 37.7 Å². The molecular formula is C30H39N3O2. The molecule has 5 nitrogen and oxygen atoms in total. The molecule has 4 fully saturated rings. The van der Waals surface area contributed by atoms with Crippen LogP contribution < -0.4 is 0 Å². The first-order valence-corrected chi connectivity index (χ1v) is 13.8. The Kier molecular flexibility index (Phi) is 6.32. The molecule has 0 radical (unpaired) electrons. The van der Waals surface area contributed by atoms with E-state index in [-0.39, 0.29) is 12.0 Å². The number of aromatic hydroxyl groups is 1. The molecule has 6 rings (SSSR count). The van der Waals surface area contributed by atoms with E-state index in [1.807, 2.05) is 12.1 Å². The zero-order chi connectivity index (χ0) is 23.9. The van der Waals surface area contributed by atoms with Crippen LogP contribution in [0, 0.1) is 5.92 Å². The molecule has 1 aliphatic carbocycles. The SMILES string of the molecule is C=CCN1C2CCC1C1CCC2N1C(C1=CCC(C(=O)N2CCCCC2)C=C1)c1cccc(O)c1. The number of allylic oxidation sites excluding steroid dienone is 1. The Labute approximate surface area is 209 Å². The van der Waals surface area contributed by atoms with Crippen molar-refractivity contribution >= 4 is 5.91 Å². The first-order valence-electron chi connectivity index (χ1n) is 13.8. The highest BCUT2D eigenvalue weighted by molar-refractivity contribution is 5.81. The summed E-state index contributed by atoms with van der Waals surface area (Å²) in [5.74, 6) is 0.576. The number of carbonyl (C=O) groups is 1. The van der Waals surface area contributed by atoms with Crippen LogP contribution in [0.5, 0.6) is 5.75 Å². The molecule has 6 atom stereocenters. The number of likely N-dealkylation sites (tertiary alicyclic amines) is 1. The number of amides is 1. The minimum Gasteiger partial charge on any atom is -0.508 e.